The normalized spacial score (nSPS) is 12.6. The molecule has 0 saturated heterocycles. The second kappa shape index (κ2) is 8.45. The van der Waals surface area contributed by atoms with E-state index in [1.54, 1.807) is 13.8 Å². The van der Waals surface area contributed by atoms with Crippen molar-refractivity contribution in [3.05, 3.63) is 101 Å². The van der Waals surface area contributed by atoms with Crippen molar-refractivity contribution in [2.75, 3.05) is 0 Å². The Balaban J connectivity index is 1.77. The Labute approximate surface area is 182 Å². The Morgan fingerprint density at radius 2 is 1.42 bits per heavy atom. The van der Waals surface area contributed by atoms with Crippen molar-refractivity contribution >= 4 is 10.0 Å². The number of nitrogens with zero attached hydrogens (tertiary/aromatic N) is 2. The highest BCUT2D eigenvalue weighted by atomic mass is 32.2. The van der Waals surface area contributed by atoms with Gasteiger partial charge in [0, 0.05) is 5.56 Å². The number of benzene rings is 3. The molecule has 3 aromatic carbocycles. The third kappa shape index (κ3) is 4.42. The van der Waals surface area contributed by atoms with Crippen molar-refractivity contribution in [2.45, 2.75) is 31.7 Å². The van der Waals surface area contributed by atoms with Crippen molar-refractivity contribution in [3.8, 4) is 11.5 Å². The minimum Gasteiger partial charge on any atom is -0.419 e. The fourth-order valence-corrected chi connectivity index (χ4v) is 5.39. The first-order valence-electron chi connectivity index (χ1n) is 9.89. The Kier molecular flexibility index (Phi) is 5.71. The molecular weight excluding hydrogens is 410 g/mol. The zero-order chi connectivity index (χ0) is 22.0. The molecule has 1 N–H and O–H groups in total. The molecule has 31 heavy (non-hydrogen) atoms. The van der Waals surface area contributed by atoms with Crippen LogP contribution in [0.3, 0.4) is 0 Å². The average Bonchev–Trinajstić information content (AvgIpc) is 3.22. The Morgan fingerprint density at radius 3 is 2.03 bits per heavy atom. The van der Waals surface area contributed by atoms with Crippen LogP contribution >= 0.6 is 0 Å². The summed E-state index contributed by atoms with van der Waals surface area (Å²) in [5.74, 6) is 0.509. The van der Waals surface area contributed by atoms with E-state index in [1.807, 2.05) is 79.7 Å². The zero-order valence-electron chi connectivity index (χ0n) is 17.5. The van der Waals surface area contributed by atoms with Crippen LogP contribution in [0.2, 0.25) is 0 Å². The Hall–Kier alpha value is -3.29. The number of aromatic nitrogens is 2. The molecule has 0 amide bonds. The van der Waals surface area contributed by atoms with Gasteiger partial charge in [-0.3, -0.25) is 0 Å². The number of hydrogen-bond acceptors (Lipinski definition) is 5. The van der Waals surface area contributed by atoms with Gasteiger partial charge in [0.25, 0.3) is 0 Å². The largest absolute Gasteiger partial charge is 0.419 e. The summed E-state index contributed by atoms with van der Waals surface area (Å²) in [6.07, 6.45) is 0. The van der Waals surface area contributed by atoms with Crippen LogP contribution in [0.4, 0.5) is 0 Å². The van der Waals surface area contributed by atoms with Gasteiger partial charge in [-0.2, -0.15) is 4.72 Å². The molecule has 6 nitrogen and oxygen atoms in total. The molecular formula is C24H23N3O3S. The fraction of sp³-hybridized carbons (Fsp3) is 0.167. The van der Waals surface area contributed by atoms with Gasteiger partial charge in [0.1, 0.15) is 6.04 Å². The van der Waals surface area contributed by atoms with Crippen LogP contribution in [-0.2, 0) is 10.0 Å². The SMILES string of the molecule is Cc1cc(C)c(S(=O)(=O)N[C@@H](c2ccccc2)c2nnc(-c3ccccc3)o2)c(C)c1. The summed E-state index contributed by atoms with van der Waals surface area (Å²) in [7, 11) is -3.87. The lowest BCUT2D eigenvalue weighted by Crippen LogP contribution is -2.30. The van der Waals surface area contributed by atoms with Crippen molar-refractivity contribution in [2.24, 2.45) is 0 Å². The van der Waals surface area contributed by atoms with Crippen LogP contribution in [-0.4, -0.2) is 18.6 Å². The molecule has 0 aliphatic heterocycles. The van der Waals surface area contributed by atoms with Gasteiger partial charge in [-0.15, -0.1) is 10.2 Å². The van der Waals surface area contributed by atoms with Gasteiger partial charge in [-0.25, -0.2) is 8.42 Å². The lowest BCUT2D eigenvalue weighted by atomic mass is 10.1. The Bertz CT molecular complexity index is 1280. The smallest absolute Gasteiger partial charge is 0.247 e. The summed E-state index contributed by atoms with van der Waals surface area (Å²) in [6.45, 7) is 5.54. The maximum absolute atomic E-state index is 13.4. The predicted molar refractivity (Wildman–Crippen MR) is 119 cm³/mol. The van der Waals surface area contributed by atoms with Crippen molar-refractivity contribution in [1.82, 2.24) is 14.9 Å². The minimum absolute atomic E-state index is 0.177. The van der Waals surface area contributed by atoms with Gasteiger partial charge >= 0.3 is 0 Å². The monoisotopic (exact) mass is 433 g/mol. The molecule has 0 saturated carbocycles. The van der Waals surface area contributed by atoms with Crippen LogP contribution < -0.4 is 4.72 Å². The van der Waals surface area contributed by atoms with E-state index in [-0.39, 0.29) is 10.8 Å². The van der Waals surface area contributed by atoms with E-state index in [9.17, 15) is 8.42 Å². The summed E-state index contributed by atoms with van der Waals surface area (Å²) in [6, 6.07) is 21.5. The molecule has 158 valence electrons. The van der Waals surface area contributed by atoms with E-state index >= 15 is 0 Å². The molecule has 1 atom stereocenters. The topological polar surface area (TPSA) is 85.1 Å². The van der Waals surface area contributed by atoms with Crippen molar-refractivity contribution in [3.63, 3.8) is 0 Å². The Morgan fingerprint density at radius 1 is 0.839 bits per heavy atom. The van der Waals surface area contributed by atoms with Crippen LogP contribution in [0.5, 0.6) is 0 Å². The van der Waals surface area contributed by atoms with Gasteiger partial charge in [0.2, 0.25) is 21.8 Å². The molecule has 0 bridgehead atoms. The van der Waals surface area contributed by atoms with Crippen molar-refractivity contribution in [1.29, 1.82) is 0 Å². The lowest BCUT2D eigenvalue weighted by Gasteiger charge is -2.18. The molecule has 0 aliphatic carbocycles. The van der Waals surface area contributed by atoms with Gasteiger partial charge in [0.05, 0.1) is 4.90 Å². The van der Waals surface area contributed by atoms with E-state index < -0.39 is 16.1 Å². The summed E-state index contributed by atoms with van der Waals surface area (Å²) < 4.78 is 35.5. The summed E-state index contributed by atoms with van der Waals surface area (Å²) in [5.41, 5.74) is 3.86. The quantitative estimate of drug-likeness (QED) is 0.475. The molecule has 0 fully saturated rings. The standard InChI is InChI=1S/C24H23N3O3S/c1-16-14-17(2)22(18(3)15-16)31(28,29)27-21(19-10-6-4-7-11-19)24-26-25-23(30-24)20-12-8-5-9-13-20/h4-15,21,27H,1-3H3/t21-/m0/s1. The number of aryl methyl sites for hydroxylation is 3. The van der Waals surface area contributed by atoms with Crippen LogP contribution in [0.1, 0.15) is 34.2 Å². The number of hydrogen-bond donors (Lipinski definition) is 1. The van der Waals surface area contributed by atoms with Crippen LogP contribution in [0.25, 0.3) is 11.5 Å². The molecule has 7 heteroatoms. The summed E-state index contributed by atoms with van der Waals surface area (Å²) in [4.78, 5) is 0.266. The molecule has 0 radical (unpaired) electrons. The average molecular weight is 434 g/mol. The third-order valence-corrected chi connectivity index (χ3v) is 6.72. The molecule has 1 aromatic heterocycles. The fourth-order valence-electron chi connectivity index (χ4n) is 3.76. The van der Waals surface area contributed by atoms with E-state index in [2.05, 4.69) is 14.9 Å². The van der Waals surface area contributed by atoms with Crippen LogP contribution in [0.15, 0.2) is 82.1 Å². The highest BCUT2D eigenvalue weighted by molar-refractivity contribution is 7.89. The first-order chi connectivity index (χ1) is 14.8. The number of rotatable bonds is 6. The molecule has 0 aliphatic rings. The lowest BCUT2D eigenvalue weighted by molar-refractivity contribution is 0.464. The minimum atomic E-state index is -3.87. The number of sulfonamides is 1. The maximum Gasteiger partial charge on any atom is 0.247 e. The van der Waals surface area contributed by atoms with Gasteiger partial charge < -0.3 is 4.42 Å². The van der Waals surface area contributed by atoms with E-state index in [0.29, 0.717) is 22.6 Å². The maximum atomic E-state index is 13.4. The second-order valence-electron chi connectivity index (χ2n) is 7.50. The second-order valence-corrected chi connectivity index (χ2v) is 9.16. The van der Waals surface area contributed by atoms with Gasteiger partial charge in [-0.05, 0) is 49.6 Å². The first-order valence-corrected chi connectivity index (χ1v) is 11.4. The van der Waals surface area contributed by atoms with E-state index in [0.717, 1.165) is 11.1 Å². The summed E-state index contributed by atoms with van der Waals surface area (Å²) in [5, 5.41) is 8.29. The number of nitrogens with one attached hydrogen (secondary N) is 1. The predicted octanol–water partition coefficient (Wildman–Crippen LogP) is 4.73. The zero-order valence-corrected chi connectivity index (χ0v) is 18.3. The third-order valence-electron chi connectivity index (χ3n) is 4.99. The highest BCUT2D eigenvalue weighted by Gasteiger charge is 2.29. The summed E-state index contributed by atoms with van der Waals surface area (Å²) >= 11 is 0. The molecule has 0 spiro atoms. The van der Waals surface area contributed by atoms with Gasteiger partial charge in [-0.1, -0.05) is 66.2 Å². The van der Waals surface area contributed by atoms with Crippen LogP contribution in [0, 0.1) is 20.8 Å². The molecule has 4 rings (SSSR count). The van der Waals surface area contributed by atoms with Gasteiger partial charge in [0.15, 0.2) is 0 Å². The van der Waals surface area contributed by atoms with E-state index in [4.69, 9.17) is 4.42 Å². The highest BCUT2D eigenvalue weighted by Crippen LogP contribution is 2.29. The van der Waals surface area contributed by atoms with E-state index in [1.165, 1.54) is 0 Å². The first kappa shape index (κ1) is 21.0. The molecule has 1 heterocycles. The molecule has 0 unspecified atom stereocenters. The van der Waals surface area contributed by atoms with Crippen molar-refractivity contribution < 1.29 is 12.8 Å². The molecule has 4 aromatic rings.